The summed E-state index contributed by atoms with van der Waals surface area (Å²) in [5.41, 5.74) is 1.10. The molecule has 0 aliphatic carbocycles. The van der Waals surface area contributed by atoms with Crippen LogP contribution in [0.3, 0.4) is 0 Å². The number of amides is 1. The van der Waals surface area contributed by atoms with Crippen molar-refractivity contribution in [3.8, 4) is 5.75 Å². The number of hydrogen-bond donors (Lipinski definition) is 2. The number of aryl methyl sites for hydroxylation is 1. The van der Waals surface area contributed by atoms with Crippen molar-refractivity contribution in [2.24, 2.45) is 0 Å². The molecular formula is C15H21NO4S. The smallest absolute Gasteiger partial charge is 0.326 e. The van der Waals surface area contributed by atoms with Gasteiger partial charge in [-0.15, -0.1) is 0 Å². The van der Waals surface area contributed by atoms with E-state index in [9.17, 15) is 9.59 Å². The van der Waals surface area contributed by atoms with E-state index in [2.05, 4.69) is 5.32 Å². The zero-order valence-corrected chi connectivity index (χ0v) is 13.3. The standard InChI is InChI=1S/C15H21NO4S/c1-10-4-6-12(7-5-10)20-11(2)14(17)16-13(15(18)19)8-9-21-3/h4-7,11,13H,8-9H2,1-3H3,(H,16,17)(H,18,19). The predicted octanol–water partition coefficient (Wildman–Crippen LogP) is 2.08. The van der Waals surface area contributed by atoms with Crippen molar-refractivity contribution < 1.29 is 19.4 Å². The number of carboxylic acids is 1. The van der Waals surface area contributed by atoms with E-state index in [4.69, 9.17) is 9.84 Å². The van der Waals surface area contributed by atoms with Crippen molar-refractivity contribution in [3.63, 3.8) is 0 Å². The summed E-state index contributed by atoms with van der Waals surface area (Å²) < 4.78 is 5.51. The lowest BCUT2D eigenvalue weighted by atomic mass is 10.2. The Bertz CT molecular complexity index is 475. The highest BCUT2D eigenvalue weighted by Gasteiger charge is 2.23. The zero-order valence-electron chi connectivity index (χ0n) is 12.5. The number of hydrogen-bond acceptors (Lipinski definition) is 4. The molecule has 1 amide bonds. The average Bonchev–Trinajstić information content (AvgIpc) is 2.45. The van der Waals surface area contributed by atoms with Crippen molar-refractivity contribution in [3.05, 3.63) is 29.8 Å². The summed E-state index contributed by atoms with van der Waals surface area (Å²) in [6, 6.07) is 6.45. The molecule has 116 valence electrons. The lowest BCUT2D eigenvalue weighted by Gasteiger charge is -2.18. The molecule has 0 aliphatic heterocycles. The summed E-state index contributed by atoms with van der Waals surface area (Å²) in [6.45, 7) is 3.56. The maximum absolute atomic E-state index is 12.0. The zero-order chi connectivity index (χ0) is 15.8. The summed E-state index contributed by atoms with van der Waals surface area (Å²) in [6.07, 6.45) is 1.53. The van der Waals surface area contributed by atoms with Crippen LogP contribution in [0.15, 0.2) is 24.3 Å². The molecule has 6 heteroatoms. The molecule has 0 saturated carbocycles. The fraction of sp³-hybridized carbons (Fsp3) is 0.467. The van der Waals surface area contributed by atoms with Gasteiger partial charge in [0.1, 0.15) is 11.8 Å². The van der Waals surface area contributed by atoms with Gasteiger partial charge in [0, 0.05) is 0 Å². The Hall–Kier alpha value is -1.69. The number of carbonyl (C=O) groups excluding carboxylic acids is 1. The van der Waals surface area contributed by atoms with Crippen molar-refractivity contribution in [1.29, 1.82) is 0 Å². The topological polar surface area (TPSA) is 75.6 Å². The highest BCUT2D eigenvalue weighted by molar-refractivity contribution is 7.98. The number of benzene rings is 1. The van der Waals surface area contributed by atoms with Crippen LogP contribution in [0.1, 0.15) is 18.9 Å². The van der Waals surface area contributed by atoms with Gasteiger partial charge in [-0.05, 0) is 44.4 Å². The minimum absolute atomic E-state index is 0.388. The van der Waals surface area contributed by atoms with Crippen LogP contribution in [-0.2, 0) is 9.59 Å². The number of carboxylic acid groups (broad SMARTS) is 1. The molecule has 0 heterocycles. The first-order valence-electron chi connectivity index (χ1n) is 6.69. The molecule has 5 nitrogen and oxygen atoms in total. The van der Waals surface area contributed by atoms with Gasteiger partial charge in [0.05, 0.1) is 0 Å². The number of ether oxygens (including phenoxy) is 1. The number of nitrogens with one attached hydrogen (secondary N) is 1. The van der Waals surface area contributed by atoms with Crippen LogP contribution in [0.25, 0.3) is 0 Å². The van der Waals surface area contributed by atoms with Gasteiger partial charge in [-0.1, -0.05) is 17.7 Å². The lowest BCUT2D eigenvalue weighted by Crippen LogP contribution is -2.46. The van der Waals surface area contributed by atoms with Gasteiger partial charge in [-0.25, -0.2) is 4.79 Å². The minimum Gasteiger partial charge on any atom is -0.481 e. The predicted molar refractivity (Wildman–Crippen MR) is 83.8 cm³/mol. The average molecular weight is 311 g/mol. The highest BCUT2D eigenvalue weighted by atomic mass is 32.2. The Morgan fingerprint density at radius 1 is 1.33 bits per heavy atom. The third-order valence-corrected chi connectivity index (χ3v) is 3.57. The third-order valence-electron chi connectivity index (χ3n) is 2.93. The number of rotatable bonds is 8. The second-order valence-electron chi connectivity index (χ2n) is 4.75. The van der Waals surface area contributed by atoms with Gasteiger partial charge in [0.15, 0.2) is 6.10 Å². The Morgan fingerprint density at radius 3 is 2.48 bits per heavy atom. The molecule has 0 spiro atoms. The van der Waals surface area contributed by atoms with Crippen LogP contribution in [0, 0.1) is 6.92 Å². The van der Waals surface area contributed by atoms with E-state index in [1.54, 1.807) is 30.8 Å². The van der Waals surface area contributed by atoms with Gasteiger partial charge in [0.25, 0.3) is 5.91 Å². The number of thioether (sulfide) groups is 1. The summed E-state index contributed by atoms with van der Waals surface area (Å²) in [5, 5.41) is 11.6. The Labute approximate surface area is 129 Å². The molecule has 0 radical (unpaired) electrons. The van der Waals surface area contributed by atoms with Crippen LogP contribution in [0.5, 0.6) is 5.75 Å². The summed E-state index contributed by atoms with van der Waals surface area (Å²) in [5.74, 6) is -0.201. The van der Waals surface area contributed by atoms with E-state index >= 15 is 0 Å². The Balaban J connectivity index is 2.56. The first-order valence-corrected chi connectivity index (χ1v) is 8.09. The molecule has 2 atom stereocenters. The van der Waals surface area contributed by atoms with Gasteiger partial charge >= 0.3 is 5.97 Å². The largest absolute Gasteiger partial charge is 0.481 e. The Morgan fingerprint density at radius 2 is 1.95 bits per heavy atom. The van der Waals surface area contributed by atoms with Crippen LogP contribution < -0.4 is 10.1 Å². The van der Waals surface area contributed by atoms with E-state index in [-0.39, 0.29) is 0 Å². The van der Waals surface area contributed by atoms with Crippen molar-refractivity contribution in [2.75, 3.05) is 12.0 Å². The second-order valence-corrected chi connectivity index (χ2v) is 5.74. The van der Waals surface area contributed by atoms with Crippen LogP contribution >= 0.6 is 11.8 Å². The molecular weight excluding hydrogens is 290 g/mol. The van der Waals surface area contributed by atoms with E-state index in [0.717, 1.165) is 5.56 Å². The van der Waals surface area contributed by atoms with E-state index in [1.807, 2.05) is 25.3 Å². The SMILES string of the molecule is CSCCC(NC(=O)C(C)Oc1ccc(C)cc1)C(=O)O. The van der Waals surface area contributed by atoms with Crippen molar-refractivity contribution in [2.45, 2.75) is 32.4 Å². The molecule has 21 heavy (non-hydrogen) atoms. The Kier molecular flexibility index (Phi) is 7.08. The number of aliphatic carboxylic acids is 1. The quantitative estimate of drug-likeness (QED) is 0.769. The lowest BCUT2D eigenvalue weighted by molar-refractivity contribution is -0.142. The van der Waals surface area contributed by atoms with E-state index < -0.39 is 24.0 Å². The molecule has 0 aliphatic rings. The molecule has 0 fully saturated rings. The van der Waals surface area contributed by atoms with Crippen molar-refractivity contribution in [1.82, 2.24) is 5.32 Å². The normalized spacial score (nSPS) is 13.3. The van der Waals surface area contributed by atoms with E-state index in [1.165, 1.54) is 0 Å². The maximum atomic E-state index is 12.0. The molecule has 1 rings (SSSR count). The molecule has 1 aromatic rings. The van der Waals surface area contributed by atoms with E-state index in [0.29, 0.717) is 17.9 Å². The van der Waals surface area contributed by atoms with Gasteiger partial charge < -0.3 is 15.2 Å². The van der Waals surface area contributed by atoms with Gasteiger partial charge in [-0.2, -0.15) is 11.8 Å². The van der Waals surface area contributed by atoms with Crippen LogP contribution in [-0.4, -0.2) is 41.1 Å². The molecule has 0 aromatic heterocycles. The molecule has 0 saturated heterocycles. The first kappa shape index (κ1) is 17.4. The maximum Gasteiger partial charge on any atom is 0.326 e. The third kappa shape index (κ3) is 6.08. The summed E-state index contributed by atoms with van der Waals surface area (Å²) in [7, 11) is 0. The molecule has 2 N–H and O–H groups in total. The number of carbonyl (C=O) groups is 2. The minimum atomic E-state index is -1.03. The monoisotopic (exact) mass is 311 g/mol. The van der Waals surface area contributed by atoms with Crippen molar-refractivity contribution >= 4 is 23.6 Å². The molecule has 0 bridgehead atoms. The first-order chi connectivity index (χ1) is 9.93. The molecule has 1 aromatic carbocycles. The second kappa shape index (κ2) is 8.56. The summed E-state index contributed by atoms with van der Waals surface area (Å²) >= 11 is 1.54. The van der Waals surface area contributed by atoms with Gasteiger partial charge in [-0.3, -0.25) is 4.79 Å². The van der Waals surface area contributed by atoms with Crippen LogP contribution in [0.4, 0.5) is 0 Å². The fourth-order valence-electron chi connectivity index (χ4n) is 1.66. The van der Waals surface area contributed by atoms with Gasteiger partial charge in [0.2, 0.25) is 0 Å². The van der Waals surface area contributed by atoms with Crippen LogP contribution in [0.2, 0.25) is 0 Å². The fourth-order valence-corrected chi connectivity index (χ4v) is 2.13. The summed E-state index contributed by atoms with van der Waals surface area (Å²) in [4.78, 5) is 23.1. The molecule has 2 unspecified atom stereocenters. The highest BCUT2D eigenvalue weighted by Crippen LogP contribution is 2.13.